The molecule has 16 heavy (non-hydrogen) atoms. The van der Waals surface area contributed by atoms with Crippen LogP contribution < -0.4 is 11.5 Å². The lowest BCUT2D eigenvalue weighted by atomic mass is 10.3. The zero-order chi connectivity index (χ0) is 11.7. The third kappa shape index (κ3) is 1.81. The van der Waals surface area contributed by atoms with Crippen molar-refractivity contribution in [2.24, 2.45) is 0 Å². The smallest absolute Gasteiger partial charge is 0.408 e. The molecule has 0 bridgehead atoms. The normalized spacial score (nSPS) is 13.1. The average Bonchev–Trinajstić information content (AvgIpc) is 2.55. The van der Waals surface area contributed by atoms with E-state index in [1.54, 1.807) is 25.3 Å². The second kappa shape index (κ2) is 4.02. The Morgan fingerprint density at radius 3 is 3.00 bits per heavy atom. The third-order valence-electron chi connectivity index (χ3n) is 2.53. The topological polar surface area (TPSA) is 70.4 Å². The molecule has 0 aliphatic heterocycles. The van der Waals surface area contributed by atoms with E-state index in [2.05, 4.69) is 0 Å². The third-order valence-corrected chi connectivity index (χ3v) is 2.53. The number of hydrogen-bond donors (Lipinski definition) is 1. The van der Waals surface area contributed by atoms with E-state index < -0.39 is 0 Å². The van der Waals surface area contributed by atoms with Crippen molar-refractivity contribution in [2.75, 3.05) is 12.8 Å². The number of ether oxygens (including phenoxy) is 1. The quantitative estimate of drug-likeness (QED) is 0.792. The maximum absolute atomic E-state index is 11.6. The number of fused-ring (bicyclic) bond motifs is 1. The van der Waals surface area contributed by atoms with Gasteiger partial charge in [-0.2, -0.15) is 0 Å². The molecule has 2 aromatic rings. The molecule has 1 atom stereocenters. The Morgan fingerprint density at radius 2 is 2.31 bits per heavy atom. The number of aromatic nitrogens is 1. The van der Waals surface area contributed by atoms with Crippen LogP contribution in [0, 0.1) is 0 Å². The predicted molar refractivity (Wildman–Crippen MR) is 61.4 cm³/mol. The van der Waals surface area contributed by atoms with Gasteiger partial charge in [-0.15, -0.1) is 0 Å². The molecule has 2 rings (SSSR count). The lowest BCUT2D eigenvalue weighted by molar-refractivity contribution is 0.102. The van der Waals surface area contributed by atoms with E-state index in [0.717, 1.165) is 0 Å². The molecule has 86 valence electrons. The molecule has 5 heteroatoms. The minimum absolute atomic E-state index is 0.0556. The summed E-state index contributed by atoms with van der Waals surface area (Å²) in [4.78, 5) is 11.6. The first-order valence-corrected chi connectivity index (χ1v) is 5.03. The summed E-state index contributed by atoms with van der Waals surface area (Å²) in [7, 11) is 1.60. The van der Waals surface area contributed by atoms with Crippen LogP contribution in [0.4, 0.5) is 5.69 Å². The Hall–Kier alpha value is -1.75. The first-order valence-electron chi connectivity index (χ1n) is 5.03. The van der Waals surface area contributed by atoms with Crippen molar-refractivity contribution in [3.8, 4) is 0 Å². The van der Waals surface area contributed by atoms with Crippen molar-refractivity contribution >= 4 is 16.8 Å². The first kappa shape index (κ1) is 10.8. The van der Waals surface area contributed by atoms with Crippen molar-refractivity contribution in [1.29, 1.82) is 0 Å². The van der Waals surface area contributed by atoms with Gasteiger partial charge in [0, 0.05) is 12.8 Å². The number of benzene rings is 1. The maximum Gasteiger partial charge on any atom is 0.420 e. The fourth-order valence-electron chi connectivity index (χ4n) is 1.58. The zero-order valence-corrected chi connectivity index (χ0v) is 9.27. The van der Waals surface area contributed by atoms with E-state index in [1.807, 2.05) is 6.92 Å². The van der Waals surface area contributed by atoms with Crippen molar-refractivity contribution in [3.63, 3.8) is 0 Å². The molecule has 0 saturated carbocycles. The number of oxazole rings is 1. The fraction of sp³-hybridized carbons (Fsp3) is 0.364. The molecular formula is C11H14N2O3. The Morgan fingerprint density at radius 1 is 1.56 bits per heavy atom. The molecule has 1 unspecified atom stereocenters. The van der Waals surface area contributed by atoms with Crippen LogP contribution in [-0.4, -0.2) is 17.8 Å². The number of nitrogen functional groups attached to an aromatic ring is 1. The van der Waals surface area contributed by atoms with Crippen molar-refractivity contribution in [1.82, 2.24) is 4.57 Å². The fourth-order valence-corrected chi connectivity index (χ4v) is 1.58. The number of nitrogens with two attached hydrogens (primary N) is 1. The second-order valence-electron chi connectivity index (χ2n) is 3.75. The van der Waals surface area contributed by atoms with Crippen molar-refractivity contribution in [3.05, 3.63) is 28.7 Å². The van der Waals surface area contributed by atoms with Crippen molar-refractivity contribution < 1.29 is 9.15 Å². The van der Waals surface area contributed by atoms with Gasteiger partial charge in [0.2, 0.25) is 0 Å². The molecule has 2 N–H and O–H groups in total. The first-order chi connectivity index (χ1) is 7.61. The number of nitrogens with zero attached hydrogens (tertiary/aromatic N) is 1. The second-order valence-corrected chi connectivity index (χ2v) is 3.75. The monoisotopic (exact) mass is 222 g/mol. The molecule has 0 aliphatic rings. The summed E-state index contributed by atoms with van der Waals surface area (Å²) in [6.07, 6.45) is -0.0556. The standard InChI is InChI=1S/C11H14N2O3/c1-7(15-2)6-13-9-5-8(12)3-4-10(9)16-11(13)14/h3-5,7H,6,12H2,1-2H3. The highest BCUT2D eigenvalue weighted by Crippen LogP contribution is 2.16. The van der Waals surface area contributed by atoms with Gasteiger partial charge in [0.05, 0.1) is 18.2 Å². The summed E-state index contributed by atoms with van der Waals surface area (Å²) < 4.78 is 11.7. The van der Waals surface area contributed by atoms with Crippen LogP contribution in [0.5, 0.6) is 0 Å². The molecule has 1 aromatic heterocycles. The summed E-state index contributed by atoms with van der Waals surface area (Å²) in [6.45, 7) is 2.34. The van der Waals surface area contributed by atoms with Crippen LogP contribution in [0.25, 0.3) is 11.1 Å². The molecule has 0 radical (unpaired) electrons. The lowest BCUT2D eigenvalue weighted by Crippen LogP contribution is -2.22. The van der Waals surface area contributed by atoms with Gasteiger partial charge >= 0.3 is 5.76 Å². The highest BCUT2D eigenvalue weighted by Gasteiger charge is 2.11. The highest BCUT2D eigenvalue weighted by atomic mass is 16.5. The summed E-state index contributed by atoms with van der Waals surface area (Å²) in [5.74, 6) is -0.385. The molecule has 0 saturated heterocycles. The summed E-state index contributed by atoms with van der Waals surface area (Å²) in [6, 6.07) is 5.12. The van der Waals surface area contributed by atoms with E-state index in [1.165, 1.54) is 4.57 Å². The van der Waals surface area contributed by atoms with E-state index in [4.69, 9.17) is 14.9 Å². The summed E-state index contributed by atoms with van der Waals surface area (Å²) >= 11 is 0. The van der Waals surface area contributed by atoms with Gasteiger partial charge in [-0.1, -0.05) is 0 Å². The van der Waals surface area contributed by atoms with E-state index in [9.17, 15) is 4.79 Å². The van der Waals surface area contributed by atoms with Gasteiger partial charge in [0.25, 0.3) is 0 Å². The number of hydrogen-bond acceptors (Lipinski definition) is 4. The predicted octanol–water partition coefficient (Wildman–Crippen LogP) is 1.21. The molecule has 5 nitrogen and oxygen atoms in total. The van der Waals surface area contributed by atoms with Crippen LogP contribution in [0.3, 0.4) is 0 Å². The van der Waals surface area contributed by atoms with Gasteiger partial charge < -0.3 is 14.9 Å². The van der Waals surface area contributed by atoms with Gasteiger partial charge in [-0.3, -0.25) is 4.57 Å². The zero-order valence-electron chi connectivity index (χ0n) is 9.27. The molecular weight excluding hydrogens is 208 g/mol. The van der Waals surface area contributed by atoms with Crippen LogP contribution in [0.15, 0.2) is 27.4 Å². The highest BCUT2D eigenvalue weighted by molar-refractivity contribution is 5.76. The van der Waals surface area contributed by atoms with Gasteiger partial charge in [-0.25, -0.2) is 4.79 Å². The van der Waals surface area contributed by atoms with Crippen LogP contribution in [-0.2, 0) is 11.3 Å². The number of rotatable bonds is 3. The van der Waals surface area contributed by atoms with Gasteiger partial charge in [0.1, 0.15) is 0 Å². The molecule has 0 aliphatic carbocycles. The average molecular weight is 222 g/mol. The Balaban J connectivity index is 2.54. The minimum atomic E-state index is -0.385. The van der Waals surface area contributed by atoms with E-state index >= 15 is 0 Å². The number of methoxy groups -OCH3 is 1. The van der Waals surface area contributed by atoms with Gasteiger partial charge in [-0.05, 0) is 25.1 Å². The number of anilines is 1. The van der Waals surface area contributed by atoms with Crippen LogP contribution >= 0.6 is 0 Å². The molecule has 1 aromatic carbocycles. The maximum atomic E-state index is 11.6. The summed E-state index contributed by atoms with van der Waals surface area (Å²) in [5, 5.41) is 0. The molecule has 0 spiro atoms. The van der Waals surface area contributed by atoms with E-state index in [-0.39, 0.29) is 11.9 Å². The SMILES string of the molecule is COC(C)Cn1c(=O)oc2ccc(N)cc21. The largest absolute Gasteiger partial charge is 0.420 e. The Bertz CT molecular complexity index is 556. The van der Waals surface area contributed by atoms with Gasteiger partial charge in [0.15, 0.2) is 5.58 Å². The lowest BCUT2D eigenvalue weighted by Gasteiger charge is -2.09. The minimum Gasteiger partial charge on any atom is -0.408 e. The summed E-state index contributed by atoms with van der Waals surface area (Å²) in [5.41, 5.74) is 7.53. The van der Waals surface area contributed by atoms with Crippen molar-refractivity contribution in [2.45, 2.75) is 19.6 Å². The Labute approximate surface area is 92.4 Å². The molecule has 0 fully saturated rings. The van der Waals surface area contributed by atoms with E-state index in [0.29, 0.717) is 23.3 Å². The molecule has 0 amide bonds. The van der Waals surface area contributed by atoms with Crippen LogP contribution in [0.1, 0.15) is 6.92 Å². The Kier molecular flexibility index (Phi) is 2.70. The van der Waals surface area contributed by atoms with Crippen LogP contribution in [0.2, 0.25) is 0 Å². The molecule has 1 heterocycles.